The molecule has 2 N–H and O–H groups in total. The van der Waals surface area contributed by atoms with E-state index in [0.29, 0.717) is 12.6 Å². The zero-order valence-corrected chi connectivity index (χ0v) is 10.1. The maximum Gasteiger partial charge on any atom is 0.211 e. The number of nitrogens with zero attached hydrogens (tertiary/aromatic N) is 2. The molecular formula is C12H21N3O. The van der Waals surface area contributed by atoms with Gasteiger partial charge in [-0.1, -0.05) is 13.8 Å². The fourth-order valence-corrected chi connectivity index (χ4v) is 2.29. The topological polar surface area (TPSA) is 55.3 Å². The molecule has 1 aliphatic rings. The van der Waals surface area contributed by atoms with Crippen LogP contribution in [0.15, 0.2) is 10.7 Å². The van der Waals surface area contributed by atoms with Crippen molar-refractivity contribution < 1.29 is 4.42 Å². The summed E-state index contributed by atoms with van der Waals surface area (Å²) in [7, 11) is 0. The molecule has 0 bridgehead atoms. The molecule has 1 aliphatic heterocycles. The van der Waals surface area contributed by atoms with Crippen LogP contribution in [0.2, 0.25) is 0 Å². The molecule has 0 radical (unpaired) electrons. The molecule has 2 unspecified atom stereocenters. The van der Waals surface area contributed by atoms with Crippen molar-refractivity contribution in [3.05, 3.63) is 17.8 Å². The summed E-state index contributed by atoms with van der Waals surface area (Å²) in [4.78, 5) is 6.99. The summed E-state index contributed by atoms with van der Waals surface area (Å²) in [6, 6.07) is 0.378. The van der Waals surface area contributed by atoms with Crippen LogP contribution in [0.3, 0.4) is 0 Å². The second kappa shape index (κ2) is 4.97. The highest BCUT2D eigenvalue weighted by Crippen LogP contribution is 2.31. The van der Waals surface area contributed by atoms with E-state index in [1.165, 1.54) is 6.42 Å². The van der Waals surface area contributed by atoms with E-state index in [0.717, 1.165) is 31.1 Å². The highest BCUT2D eigenvalue weighted by Gasteiger charge is 2.28. The summed E-state index contributed by atoms with van der Waals surface area (Å²) in [5.41, 5.74) is 6.61. The molecule has 16 heavy (non-hydrogen) atoms. The van der Waals surface area contributed by atoms with E-state index in [9.17, 15) is 0 Å². The van der Waals surface area contributed by atoms with E-state index < -0.39 is 0 Å². The number of hydrogen-bond acceptors (Lipinski definition) is 4. The Morgan fingerprint density at radius 2 is 2.50 bits per heavy atom. The fraction of sp³-hybridized carbons (Fsp3) is 0.750. The van der Waals surface area contributed by atoms with Gasteiger partial charge >= 0.3 is 0 Å². The summed E-state index contributed by atoms with van der Waals surface area (Å²) in [5.74, 6) is 1.16. The van der Waals surface area contributed by atoms with Crippen LogP contribution in [0.25, 0.3) is 0 Å². The van der Waals surface area contributed by atoms with Crippen molar-refractivity contribution in [2.45, 2.75) is 38.6 Å². The molecule has 90 valence electrons. The Labute approximate surface area is 96.8 Å². The lowest BCUT2D eigenvalue weighted by Crippen LogP contribution is -2.22. The Morgan fingerprint density at radius 1 is 1.69 bits per heavy atom. The fourth-order valence-electron chi connectivity index (χ4n) is 2.29. The number of aromatic nitrogens is 1. The van der Waals surface area contributed by atoms with E-state index >= 15 is 0 Å². The highest BCUT2D eigenvalue weighted by atomic mass is 16.3. The summed E-state index contributed by atoms with van der Waals surface area (Å²) >= 11 is 0. The minimum Gasteiger partial charge on any atom is -0.447 e. The summed E-state index contributed by atoms with van der Waals surface area (Å²) in [6.45, 7) is 7.10. The molecule has 1 aromatic rings. The van der Waals surface area contributed by atoms with E-state index in [1.807, 2.05) is 0 Å². The zero-order valence-electron chi connectivity index (χ0n) is 10.1. The van der Waals surface area contributed by atoms with Crippen molar-refractivity contribution in [2.24, 2.45) is 5.73 Å². The summed E-state index contributed by atoms with van der Waals surface area (Å²) in [5, 5.41) is 0. The van der Waals surface area contributed by atoms with Crippen LogP contribution in [0, 0.1) is 0 Å². The van der Waals surface area contributed by atoms with Crippen molar-refractivity contribution in [2.75, 3.05) is 19.6 Å². The van der Waals surface area contributed by atoms with Crippen molar-refractivity contribution in [1.29, 1.82) is 0 Å². The molecule has 0 aliphatic carbocycles. The van der Waals surface area contributed by atoms with Crippen molar-refractivity contribution in [3.63, 3.8) is 0 Å². The first-order valence-corrected chi connectivity index (χ1v) is 6.15. The first-order chi connectivity index (χ1) is 7.76. The zero-order chi connectivity index (χ0) is 11.5. The van der Waals surface area contributed by atoms with Crippen LogP contribution >= 0.6 is 0 Å². The molecule has 2 atom stereocenters. The van der Waals surface area contributed by atoms with Crippen molar-refractivity contribution in [1.82, 2.24) is 9.88 Å². The Morgan fingerprint density at radius 3 is 3.19 bits per heavy atom. The second-order valence-electron chi connectivity index (χ2n) is 4.53. The molecule has 1 fully saturated rings. The van der Waals surface area contributed by atoms with Gasteiger partial charge < -0.3 is 10.2 Å². The number of likely N-dealkylation sites (tertiary alicyclic amines) is 1. The van der Waals surface area contributed by atoms with Crippen LogP contribution < -0.4 is 5.73 Å². The van der Waals surface area contributed by atoms with Gasteiger partial charge in [-0.15, -0.1) is 0 Å². The molecule has 0 spiro atoms. The highest BCUT2D eigenvalue weighted by molar-refractivity contribution is 5.06. The number of hydrogen-bond donors (Lipinski definition) is 1. The van der Waals surface area contributed by atoms with E-state index in [-0.39, 0.29) is 5.92 Å². The first kappa shape index (κ1) is 11.6. The maximum absolute atomic E-state index is 5.63. The van der Waals surface area contributed by atoms with E-state index in [4.69, 9.17) is 10.2 Å². The van der Waals surface area contributed by atoms with E-state index in [2.05, 4.69) is 23.7 Å². The Balaban J connectivity index is 2.12. The number of rotatable bonds is 4. The normalized spacial score (nSPS) is 23.8. The van der Waals surface area contributed by atoms with Gasteiger partial charge in [-0.2, -0.15) is 0 Å². The van der Waals surface area contributed by atoms with Crippen LogP contribution in [0.5, 0.6) is 0 Å². The van der Waals surface area contributed by atoms with Crippen LogP contribution in [-0.4, -0.2) is 29.5 Å². The van der Waals surface area contributed by atoms with Gasteiger partial charge in [0.15, 0.2) is 0 Å². The van der Waals surface area contributed by atoms with E-state index in [1.54, 1.807) is 6.26 Å². The van der Waals surface area contributed by atoms with Crippen LogP contribution in [0.1, 0.15) is 50.2 Å². The van der Waals surface area contributed by atoms with Crippen molar-refractivity contribution in [3.8, 4) is 0 Å². The molecule has 2 heterocycles. The molecule has 0 amide bonds. The minimum atomic E-state index is 0.286. The van der Waals surface area contributed by atoms with Gasteiger partial charge in [-0.25, -0.2) is 4.98 Å². The predicted molar refractivity (Wildman–Crippen MR) is 63.2 cm³/mol. The molecule has 1 saturated heterocycles. The lowest BCUT2D eigenvalue weighted by Gasteiger charge is -2.19. The van der Waals surface area contributed by atoms with Crippen molar-refractivity contribution >= 4 is 0 Å². The summed E-state index contributed by atoms with van der Waals surface area (Å²) < 4.78 is 5.60. The van der Waals surface area contributed by atoms with Crippen LogP contribution in [0.4, 0.5) is 0 Å². The Bertz CT molecular complexity index is 337. The molecule has 0 aromatic carbocycles. The Hall–Kier alpha value is -0.870. The molecular weight excluding hydrogens is 202 g/mol. The lowest BCUT2D eigenvalue weighted by molar-refractivity contribution is 0.233. The van der Waals surface area contributed by atoms with Gasteiger partial charge in [0, 0.05) is 12.5 Å². The van der Waals surface area contributed by atoms with Gasteiger partial charge in [0.05, 0.1) is 11.7 Å². The predicted octanol–water partition coefficient (Wildman–Crippen LogP) is 1.89. The quantitative estimate of drug-likeness (QED) is 0.847. The summed E-state index contributed by atoms with van der Waals surface area (Å²) in [6.07, 6.45) is 4.16. The SMILES string of the molecule is CCN1CCCC1c1nc(C(C)CN)co1. The van der Waals surface area contributed by atoms with Gasteiger partial charge in [0.2, 0.25) is 5.89 Å². The average Bonchev–Trinajstić information content (AvgIpc) is 2.95. The molecule has 4 heteroatoms. The Kier molecular flexibility index (Phi) is 3.61. The lowest BCUT2D eigenvalue weighted by atomic mass is 10.1. The third kappa shape index (κ3) is 2.13. The largest absolute Gasteiger partial charge is 0.447 e. The molecule has 0 saturated carbocycles. The standard InChI is InChI=1S/C12H21N3O/c1-3-15-6-4-5-11(15)12-14-10(8-16-12)9(2)7-13/h8-9,11H,3-7,13H2,1-2H3. The molecule has 1 aromatic heterocycles. The number of nitrogens with two attached hydrogens (primary N) is 1. The second-order valence-corrected chi connectivity index (χ2v) is 4.53. The minimum absolute atomic E-state index is 0.286. The first-order valence-electron chi connectivity index (χ1n) is 6.15. The molecule has 2 rings (SSSR count). The maximum atomic E-state index is 5.63. The van der Waals surface area contributed by atoms with Crippen LogP contribution in [-0.2, 0) is 0 Å². The van der Waals surface area contributed by atoms with Gasteiger partial charge in [0.1, 0.15) is 6.26 Å². The monoisotopic (exact) mass is 223 g/mol. The number of oxazole rings is 1. The average molecular weight is 223 g/mol. The third-order valence-corrected chi connectivity index (χ3v) is 3.45. The van der Waals surface area contributed by atoms with Gasteiger partial charge in [0.25, 0.3) is 0 Å². The smallest absolute Gasteiger partial charge is 0.211 e. The van der Waals surface area contributed by atoms with Gasteiger partial charge in [-0.05, 0) is 25.9 Å². The third-order valence-electron chi connectivity index (χ3n) is 3.45. The van der Waals surface area contributed by atoms with Gasteiger partial charge in [-0.3, -0.25) is 4.90 Å². The molecule has 4 nitrogen and oxygen atoms in total.